The molecule has 1 N–H and O–H groups in total. The molecule has 0 radical (unpaired) electrons. The molecule has 0 bridgehead atoms. The van der Waals surface area contributed by atoms with E-state index in [0.29, 0.717) is 11.3 Å². The van der Waals surface area contributed by atoms with Crippen molar-refractivity contribution in [3.05, 3.63) is 29.8 Å². The maximum atomic E-state index is 12.8. The lowest BCUT2D eigenvalue weighted by atomic mass is 9.50. The first-order chi connectivity index (χ1) is 11.5. The summed E-state index contributed by atoms with van der Waals surface area (Å²) in [6.45, 7) is -0.422. The molecule has 2 aliphatic carbocycles. The van der Waals surface area contributed by atoms with Gasteiger partial charge in [0.05, 0.1) is 6.10 Å². The van der Waals surface area contributed by atoms with Crippen LogP contribution in [0.25, 0.3) is 0 Å². The van der Waals surface area contributed by atoms with Gasteiger partial charge in [-0.1, -0.05) is 12.5 Å². The van der Waals surface area contributed by atoms with Crippen LogP contribution in [0.2, 0.25) is 0 Å². The fourth-order valence-corrected chi connectivity index (χ4v) is 4.05. The number of hydrogen-bond donors (Lipinski definition) is 1. The highest BCUT2D eigenvalue weighted by Gasteiger charge is 2.60. The molecule has 6 nitrogen and oxygen atoms in total. The van der Waals surface area contributed by atoms with Crippen molar-refractivity contribution in [3.63, 3.8) is 0 Å². The lowest BCUT2D eigenvalue weighted by Gasteiger charge is -2.62. The van der Waals surface area contributed by atoms with Crippen LogP contribution < -0.4 is 4.74 Å². The van der Waals surface area contributed by atoms with E-state index in [1.165, 1.54) is 6.42 Å². The minimum atomic E-state index is -1.05. The van der Waals surface area contributed by atoms with Crippen molar-refractivity contribution in [2.24, 2.45) is 5.41 Å². The molecule has 130 valence electrons. The van der Waals surface area contributed by atoms with Gasteiger partial charge in [-0.05, 0) is 37.5 Å². The number of amides is 1. The summed E-state index contributed by atoms with van der Waals surface area (Å²) in [5.74, 6) is -0.726. The van der Waals surface area contributed by atoms with Gasteiger partial charge in [0.1, 0.15) is 5.75 Å². The predicted octanol–water partition coefficient (Wildman–Crippen LogP) is 2.18. The zero-order chi connectivity index (χ0) is 17.3. The van der Waals surface area contributed by atoms with Gasteiger partial charge in [-0.3, -0.25) is 4.79 Å². The first kappa shape index (κ1) is 16.8. The van der Waals surface area contributed by atoms with Crippen molar-refractivity contribution in [2.45, 2.75) is 37.8 Å². The van der Waals surface area contributed by atoms with E-state index < -0.39 is 12.6 Å². The van der Waals surface area contributed by atoms with Crippen LogP contribution in [0.15, 0.2) is 24.3 Å². The normalized spacial score (nSPS) is 23.9. The topological polar surface area (TPSA) is 76.1 Å². The number of carboxylic acids is 1. The summed E-state index contributed by atoms with van der Waals surface area (Å²) in [4.78, 5) is 25.2. The average Bonchev–Trinajstić information content (AvgIpc) is 2.50. The molecule has 2 unspecified atom stereocenters. The maximum absolute atomic E-state index is 12.8. The molecule has 0 aromatic heterocycles. The van der Waals surface area contributed by atoms with E-state index in [2.05, 4.69) is 0 Å². The Hall–Kier alpha value is -2.08. The van der Waals surface area contributed by atoms with E-state index in [4.69, 9.17) is 14.6 Å². The van der Waals surface area contributed by atoms with Crippen LogP contribution >= 0.6 is 0 Å². The number of hydrogen-bond acceptors (Lipinski definition) is 4. The Labute approximate surface area is 141 Å². The molecule has 2 aliphatic rings. The molecule has 1 spiro atoms. The monoisotopic (exact) mass is 333 g/mol. The molecule has 6 heteroatoms. The van der Waals surface area contributed by atoms with E-state index in [-0.39, 0.29) is 23.5 Å². The minimum absolute atomic E-state index is 0.0680. The molecule has 2 saturated carbocycles. The highest BCUT2D eigenvalue weighted by Crippen LogP contribution is 2.58. The summed E-state index contributed by atoms with van der Waals surface area (Å²) in [6, 6.07) is 6.88. The molecule has 2 fully saturated rings. The number of methoxy groups -OCH3 is 1. The average molecular weight is 333 g/mol. The molecule has 2 atom stereocenters. The second-order valence-electron chi connectivity index (χ2n) is 6.69. The fourth-order valence-electron chi connectivity index (χ4n) is 4.05. The number of rotatable bonds is 6. The number of nitrogens with zero attached hydrogens (tertiary/aromatic N) is 1. The Balaban J connectivity index is 1.70. The predicted molar refractivity (Wildman–Crippen MR) is 87.2 cm³/mol. The van der Waals surface area contributed by atoms with Crippen LogP contribution in [0.3, 0.4) is 0 Å². The van der Waals surface area contributed by atoms with E-state index in [1.807, 2.05) is 11.9 Å². The smallest absolute Gasteiger partial charge is 0.341 e. The quantitative estimate of drug-likeness (QED) is 0.863. The van der Waals surface area contributed by atoms with Crippen LogP contribution in [0.1, 0.15) is 36.0 Å². The summed E-state index contributed by atoms with van der Waals surface area (Å²) in [6.07, 6.45) is 4.52. The van der Waals surface area contributed by atoms with Gasteiger partial charge < -0.3 is 19.5 Å². The summed E-state index contributed by atoms with van der Waals surface area (Å²) < 4.78 is 10.7. The Kier molecular flexibility index (Phi) is 4.49. The molecule has 1 aromatic rings. The zero-order valence-electron chi connectivity index (χ0n) is 14.0. The highest BCUT2D eigenvalue weighted by molar-refractivity contribution is 5.94. The number of ether oxygens (including phenoxy) is 2. The third-order valence-electron chi connectivity index (χ3n) is 5.54. The first-order valence-electron chi connectivity index (χ1n) is 8.22. The van der Waals surface area contributed by atoms with Crippen LogP contribution in [-0.2, 0) is 9.53 Å². The van der Waals surface area contributed by atoms with Crippen LogP contribution in [-0.4, -0.2) is 54.8 Å². The van der Waals surface area contributed by atoms with Crippen molar-refractivity contribution in [3.8, 4) is 5.75 Å². The third kappa shape index (κ3) is 2.75. The Morgan fingerprint density at radius 2 is 2.12 bits per heavy atom. The van der Waals surface area contributed by atoms with Crippen molar-refractivity contribution >= 4 is 11.9 Å². The Morgan fingerprint density at radius 1 is 1.38 bits per heavy atom. The van der Waals surface area contributed by atoms with Gasteiger partial charge in [0.25, 0.3) is 5.91 Å². The van der Waals surface area contributed by atoms with Gasteiger partial charge in [-0.25, -0.2) is 4.79 Å². The van der Waals surface area contributed by atoms with Gasteiger partial charge in [0.2, 0.25) is 0 Å². The molecule has 0 aliphatic heterocycles. The largest absolute Gasteiger partial charge is 0.482 e. The highest BCUT2D eigenvalue weighted by atomic mass is 16.5. The molecule has 3 rings (SSSR count). The van der Waals surface area contributed by atoms with Gasteiger partial charge in [0.15, 0.2) is 6.61 Å². The summed E-state index contributed by atoms with van der Waals surface area (Å²) in [7, 11) is 3.58. The lowest BCUT2D eigenvalue weighted by Crippen LogP contribution is -2.67. The standard InChI is InChI=1S/C18H23NO5/c1-19(14-10-15(23-2)18(14)7-4-8-18)17(22)12-5-3-6-13(9-12)24-11-16(20)21/h3,5-6,9,14-15H,4,7-8,10-11H2,1-2H3,(H,20,21). The lowest BCUT2D eigenvalue weighted by molar-refractivity contribution is -0.182. The van der Waals surface area contributed by atoms with Gasteiger partial charge in [-0.15, -0.1) is 0 Å². The Morgan fingerprint density at radius 3 is 2.71 bits per heavy atom. The van der Waals surface area contributed by atoms with E-state index in [9.17, 15) is 9.59 Å². The van der Waals surface area contributed by atoms with Crippen molar-refractivity contribution in [2.75, 3.05) is 20.8 Å². The molecule has 0 saturated heterocycles. The Bertz CT molecular complexity index is 640. The molecular weight excluding hydrogens is 310 g/mol. The van der Waals surface area contributed by atoms with Crippen molar-refractivity contribution < 1.29 is 24.2 Å². The summed E-state index contributed by atoms with van der Waals surface area (Å²) in [5, 5.41) is 8.68. The number of aliphatic carboxylic acids is 1. The van der Waals surface area contributed by atoms with Crippen LogP contribution in [0.4, 0.5) is 0 Å². The van der Waals surface area contributed by atoms with E-state index in [1.54, 1.807) is 31.4 Å². The van der Waals surface area contributed by atoms with Gasteiger partial charge in [0, 0.05) is 31.2 Å². The molecule has 24 heavy (non-hydrogen) atoms. The number of carbonyl (C=O) groups excluding carboxylic acids is 1. The third-order valence-corrected chi connectivity index (χ3v) is 5.54. The fraction of sp³-hybridized carbons (Fsp3) is 0.556. The number of carboxylic acid groups (broad SMARTS) is 1. The van der Waals surface area contributed by atoms with Gasteiger partial charge in [-0.2, -0.15) is 0 Å². The van der Waals surface area contributed by atoms with Crippen LogP contribution in [0.5, 0.6) is 5.75 Å². The number of benzene rings is 1. The first-order valence-corrected chi connectivity index (χ1v) is 8.22. The van der Waals surface area contributed by atoms with Gasteiger partial charge >= 0.3 is 5.97 Å². The van der Waals surface area contributed by atoms with Crippen molar-refractivity contribution in [1.29, 1.82) is 0 Å². The van der Waals surface area contributed by atoms with Crippen molar-refractivity contribution in [1.82, 2.24) is 4.90 Å². The summed E-state index contributed by atoms with van der Waals surface area (Å²) in [5.41, 5.74) is 0.632. The SMILES string of the molecule is COC1CC(N(C)C(=O)c2cccc(OCC(=O)O)c2)C12CCC2. The minimum Gasteiger partial charge on any atom is -0.482 e. The second kappa shape index (κ2) is 6.43. The molecular formula is C18H23NO5. The maximum Gasteiger partial charge on any atom is 0.341 e. The molecule has 1 aromatic carbocycles. The molecule has 1 amide bonds. The second-order valence-corrected chi connectivity index (χ2v) is 6.69. The van der Waals surface area contributed by atoms with E-state index in [0.717, 1.165) is 19.3 Å². The number of carbonyl (C=O) groups is 2. The molecule has 0 heterocycles. The zero-order valence-corrected chi connectivity index (χ0v) is 14.0. The summed E-state index contributed by atoms with van der Waals surface area (Å²) >= 11 is 0. The van der Waals surface area contributed by atoms with Crippen LogP contribution in [0, 0.1) is 5.41 Å². The van der Waals surface area contributed by atoms with E-state index >= 15 is 0 Å².